The highest BCUT2D eigenvalue weighted by Crippen LogP contribution is 2.36. The summed E-state index contributed by atoms with van der Waals surface area (Å²) in [5, 5.41) is 12.9. The molecule has 0 atom stereocenters. The Labute approximate surface area is 116 Å². The van der Waals surface area contributed by atoms with Crippen molar-refractivity contribution in [2.24, 2.45) is 0 Å². The molecule has 1 aromatic rings. The number of fused-ring (bicyclic) bond motifs is 1. The highest BCUT2D eigenvalue weighted by atomic mass is 32.2. The first-order valence-corrected chi connectivity index (χ1v) is 8.30. The molecule has 0 saturated carbocycles. The molecule has 1 aromatic heterocycles. The zero-order valence-electron chi connectivity index (χ0n) is 10.4. The highest BCUT2D eigenvalue weighted by Gasteiger charge is 2.20. The Bertz CT molecular complexity index is 488. The summed E-state index contributed by atoms with van der Waals surface area (Å²) in [6.07, 6.45) is 7.50. The van der Waals surface area contributed by atoms with E-state index in [0.29, 0.717) is 11.3 Å². The van der Waals surface area contributed by atoms with E-state index in [-0.39, 0.29) is 5.91 Å². The Morgan fingerprint density at radius 1 is 1.44 bits per heavy atom. The largest absolute Gasteiger partial charge is 0.316 e. The Balaban J connectivity index is 2.26. The molecule has 0 unspecified atom stereocenters. The average molecular weight is 280 g/mol. The molecule has 0 spiro atoms. The lowest BCUT2D eigenvalue weighted by molar-refractivity contribution is -0.113. The van der Waals surface area contributed by atoms with E-state index < -0.39 is 0 Å². The van der Waals surface area contributed by atoms with Gasteiger partial charge in [-0.05, 0) is 37.5 Å². The second-order valence-electron chi connectivity index (χ2n) is 4.36. The van der Waals surface area contributed by atoms with Crippen molar-refractivity contribution >= 4 is 34.0 Å². The minimum Gasteiger partial charge on any atom is -0.316 e. The van der Waals surface area contributed by atoms with E-state index in [9.17, 15) is 10.1 Å². The first-order valence-electron chi connectivity index (χ1n) is 6.09. The lowest BCUT2D eigenvalue weighted by Gasteiger charge is -2.02. The van der Waals surface area contributed by atoms with Gasteiger partial charge in [0.25, 0.3) is 0 Å². The van der Waals surface area contributed by atoms with E-state index in [0.717, 1.165) is 24.3 Å². The summed E-state index contributed by atoms with van der Waals surface area (Å²) in [6.45, 7) is 0. The molecule has 1 amide bonds. The first-order chi connectivity index (χ1) is 8.76. The maximum absolute atomic E-state index is 11.6. The zero-order chi connectivity index (χ0) is 13.0. The van der Waals surface area contributed by atoms with Crippen LogP contribution in [-0.2, 0) is 17.6 Å². The Morgan fingerprint density at radius 3 is 2.94 bits per heavy atom. The number of hydrogen-bond donors (Lipinski definition) is 1. The fourth-order valence-electron chi connectivity index (χ4n) is 2.24. The monoisotopic (exact) mass is 280 g/mol. The third kappa shape index (κ3) is 2.88. The minimum atomic E-state index is -0.0181. The molecular formula is C13H16N2OS2. The number of amides is 1. The van der Waals surface area contributed by atoms with Gasteiger partial charge < -0.3 is 5.32 Å². The SMILES string of the molecule is CSCC(=O)Nc1sc2c(c1C#N)CCCCC2. The number of thiophene rings is 1. The maximum atomic E-state index is 11.6. The van der Waals surface area contributed by atoms with Gasteiger partial charge in [-0.15, -0.1) is 11.3 Å². The van der Waals surface area contributed by atoms with Gasteiger partial charge in [0.2, 0.25) is 5.91 Å². The summed E-state index contributed by atoms with van der Waals surface area (Å²) in [5.41, 5.74) is 1.88. The van der Waals surface area contributed by atoms with E-state index in [4.69, 9.17) is 0 Å². The number of anilines is 1. The predicted molar refractivity (Wildman–Crippen MR) is 77.3 cm³/mol. The van der Waals surface area contributed by atoms with Crippen LogP contribution >= 0.6 is 23.1 Å². The highest BCUT2D eigenvalue weighted by molar-refractivity contribution is 7.99. The molecule has 0 radical (unpaired) electrons. The van der Waals surface area contributed by atoms with Crippen molar-refractivity contribution in [3.8, 4) is 6.07 Å². The van der Waals surface area contributed by atoms with Gasteiger partial charge in [0.05, 0.1) is 11.3 Å². The second-order valence-corrected chi connectivity index (χ2v) is 6.33. The van der Waals surface area contributed by atoms with Crippen molar-refractivity contribution in [2.75, 3.05) is 17.3 Å². The van der Waals surface area contributed by atoms with Crippen LogP contribution < -0.4 is 5.32 Å². The zero-order valence-corrected chi connectivity index (χ0v) is 12.0. The van der Waals surface area contributed by atoms with Crippen LogP contribution in [0, 0.1) is 11.3 Å². The van der Waals surface area contributed by atoms with Gasteiger partial charge in [0.1, 0.15) is 11.1 Å². The lowest BCUT2D eigenvalue weighted by Crippen LogP contribution is -2.13. The van der Waals surface area contributed by atoms with Gasteiger partial charge in [0, 0.05) is 4.88 Å². The minimum absolute atomic E-state index is 0.0181. The van der Waals surface area contributed by atoms with Crippen LogP contribution in [0.3, 0.4) is 0 Å². The van der Waals surface area contributed by atoms with Crippen LogP contribution in [0.4, 0.5) is 5.00 Å². The molecule has 3 nitrogen and oxygen atoms in total. The van der Waals surface area contributed by atoms with Crippen molar-refractivity contribution < 1.29 is 4.79 Å². The predicted octanol–water partition coefficient (Wildman–Crippen LogP) is 3.19. The molecule has 0 saturated heterocycles. The maximum Gasteiger partial charge on any atom is 0.234 e. The second kappa shape index (κ2) is 6.26. The molecule has 18 heavy (non-hydrogen) atoms. The van der Waals surface area contributed by atoms with E-state index in [1.807, 2.05) is 6.26 Å². The number of nitrogens with one attached hydrogen (secondary N) is 1. The molecule has 1 aliphatic rings. The van der Waals surface area contributed by atoms with Gasteiger partial charge in [0.15, 0.2) is 0 Å². The van der Waals surface area contributed by atoms with Crippen LogP contribution in [0.5, 0.6) is 0 Å². The van der Waals surface area contributed by atoms with Crippen molar-refractivity contribution in [3.63, 3.8) is 0 Å². The van der Waals surface area contributed by atoms with Crippen molar-refractivity contribution in [3.05, 3.63) is 16.0 Å². The topological polar surface area (TPSA) is 52.9 Å². The van der Waals surface area contributed by atoms with Gasteiger partial charge in [-0.1, -0.05) is 6.42 Å². The fourth-order valence-corrected chi connectivity index (χ4v) is 3.83. The molecule has 96 valence electrons. The van der Waals surface area contributed by atoms with Crippen LogP contribution in [0.15, 0.2) is 0 Å². The average Bonchev–Trinajstić information content (AvgIpc) is 2.52. The van der Waals surface area contributed by atoms with E-state index in [1.165, 1.54) is 35.0 Å². The van der Waals surface area contributed by atoms with Crippen molar-refractivity contribution in [1.82, 2.24) is 0 Å². The van der Waals surface area contributed by atoms with Gasteiger partial charge in [-0.3, -0.25) is 4.79 Å². The number of aryl methyl sites for hydroxylation is 1. The summed E-state index contributed by atoms with van der Waals surface area (Å²) in [6, 6.07) is 2.27. The van der Waals surface area contributed by atoms with E-state index in [2.05, 4.69) is 11.4 Å². The number of nitriles is 1. The normalized spacial score (nSPS) is 14.4. The van der Waals surface area contributed by atoms with Crippen LogP contribution in [0.2, 0.25) is 0 Å². The summed E-state index contributed by atoms with van der Waals surface area (Å²) < 4.78 is 0. The van der Waals surface area contributed by atoms with Gasteiger partial charge in [-0.2, -0.15) is 17.0 Å². The third-order valence-corrected chi connectivity index (χ3v) is 4.82. The Morgan fingerprint density at radius 2 is 2.22 bits per heavy atom. The molecule has 2 rings (SSSR count). The smallest absolute Gasteiger partial charge is 0.234 e. The number of rotatable bonds is 3. The van der Waals surface area contributed by atoms with Crippen LogP contribution in [0.1, 0.15) is 35.3 Å². The molecule has 0 bridgehead atoms. The van der Waals surface area contributed by atoms with Crippen LogP contribution in [-0.4, -0.2) is 17.9 Å². The van der Waals surface area contributed by atoms with Crippen LogP contribution in [0.25, 0.3) is 0 Å². The number of thioether (sulfide) groups is 1. The van der Waals surface area contributed by atoms with E-state index in [1.54, 1.807) is 11.3 Å². The summed E-state index contributed by atoms with van der Waals surface area (Å²) in [5.74, 6) is 0.420. The van der Waals surface area contributed by atoms with Gasteiger partial charge in [-0.25, -0.2) is 0 Å². The van der Waals surface area contributed by atoms with Crippen molar-refractivity contribution in [1.29, 1.82) is 5.26 Å². The summed E-state index contributed by atoms with van der Waals surface area (Å²) in [4.78, 5) is 12.9. The Kier molecular flexibility index (Phi) is 4.67. The lowest BCUT2D eigenvalue weighted by atomic mass is 10.1. The number of nitrogens with zero attached hydrogens (tertiary/aromatic N) is 1. The van der Waals surface area contributed by atoms with Gasteiger partial charge >= 0.3 is 0 Å². The number of carbonyl (C=O) groups is 1. The molecule has 1 aliphatic carbocycles. The number of carbonyl (C=O) groups excluding carboxylic acids is 1. The third-order valence-electron chi connectivity index (χ3n) is 3.06. The Hall–Kier alpha value is -0.990. The molecule has 0 fully saturated rings. The fraction of sp³-hybridized carbons (Fsp3) is 0.538. The molecule has 1 heterocycles. The summed E-state index contributed by atoms with van der Waals surface area (Å²) >= 11 is 3.08. The standard InChI is InChI=1S/C13H16N2OS2/c1-17-8-12(16)15-13-10(7-14)9-5-3-2-4-6-11(9)18-13/h2-6,8H2,1H3,(H,15,16). The van der Waals surface area contributed by atoms with E-state index >= 15 is 0 Å². The number of hydrogen-bond acceptors (Lipinski definition) is 4. The molecule has 1 N–H and O–H groups in total. The molecule has 5 heteroatoms. The van der Waals surface area contributed by atoms with Crippen molar-refractivity contribution in [2.45, 2.75) is 32.1 Å². The molecule has 0 aromatic carbocycles. The molecular weight excluding hydrogens is 264 g/mol. The molecule has 0 aliphatic heterocycles. The quantitative estimate of drug-likeness (QED) is 0.865. The first kappa shape index (κ1) is 13.4. The summed E-state index contributed by atoms with van der Waals surface area (Å²) in [7, 11) is 0.